The van der Waals surface area contributed by atoms with Crippen LogP contribution >= 0.6 is 15.9 Å². The van der Waals surface area contributed by atoms with E-state index in [-0.39, 0.29) is 6.04 Å². The Morgan fingerprint density at radius 2 is 2.14 bits per heavy atom. The molecule has 0 saturated carbocycles. The Balaban J connectivity index is 2.17. The van der Waals surface area contributed by atoms with Gasteiger partial charge >= 0.3 is 0 Å². The maximum absolute atomic E-state index is 10.9. The molecule has 0 radical (unpaired) electrons. The summed E-state index contributed by atoms with van der Waals surface area (Å²) in [7, 11) is 8.26. The van der Waals surface area contributed by atoms with Crippen LogP contribution in [0.15, 0.2) is 10.7 Å². The summed E-state index contributed by atoms with van der Waals surface area (Å²) in [5, 5.41) is 15.3. The number of likely N-dealkylation sites (N-methyl/N-ethyl adjacent to an activating group) is 3. The average molecular weight is 360 g/mol. The first kappa shape index (κ1) is 16.9. The fourth-order valence-electron chi connectivity index (χ4n) is 2.71. The molecule has 0 bridgehead atoms. The van der Waals surface area contributed by atoms with E-state index in [4.69, 9.17) is 0 Å². The molecule has 21 heavy (non-hydrogen) atoms. The van der Waals surface area contributed by atoms with Gasteiger partial charge in [-0.3, -0.25) is 9.58 Å². The van der Waals surface area contributed by atoms with Gasteiger partial charge < -0.3 is 14.9 Å². The smallest absolute Gasteiger partial charge is 0.113 e. The normalized spacial score (nSPS) is 22.9. The first-order chi connectivity index (χ1) is 9.90. The topological polar surface area (TPSA) is 47.8 Å². The Morgan fingerprint density at radius 3 is 2.81 bits per heavy atom. The minimum absolute atomic E-state index is 0.0925. The molecule has 0 spiro atoms. The Kier molecular flexibility index (Phi) is 5.79. The highest BCUT2D eigenvalue weighted by Gasteiger charge is 2.32. The lowest BCUT2D eigenvalue weighted by Crippen LogP contribution is -2.52. The highest BCUT2D eigenvalue weighted by molar-refractivity contribution is 9.10. The summed E-state index contributed by atoms with van der Waals surface area (Å²) in [5.74, 6) is 0. The highest BCUT2D eigenvalue weighted by Crippen LogP contribution is 2.29. The van der Waals surface area contributed by atoms with E-state index in [1.165, 1.54) is 0 Å². The summed E-state index contributed by atoms with van der Waals surface area (Å²) in [6.07, 6.45) is 1.23. The van der Waals surface area contributed by atoms with Crippen LogP contribution < -0.4 is 0 Å². The minimum atomic E-state index is -0.545. The van der Waals surface area contributed by atoms with E-state index < -0.39 is 6.10 Å². The third-order valence-electron chi connectivity index (χ3n) is 4.14. The fourth-order valence-corrected chi connectivity index (χ4v) is 3.24. The average Bonchev–Trinajstić information content (AvgIpc) is 2.79. The highest BCUT2D eigenvalue weighted by atomic mass is 79.9. The lowest BCUT2D eigenvalue weighted by molar-refractivity contribution is 0.00898. The molecule has 0 amide bonds. The van der Waals surface area contributed by atoms with Gasteiger partial charge in [-0.1, -0.05) is 0 Å². The summed E-state index contributed by atoms with van der Waals surface area (Å²) in [6, 6.07) is 0.0925. The van der Waals surface area contributed by atoms with Crippen molar-refractivity contribution in [3.05, 3.63) is 16.4 Å². The van der Waals surface area contributed by atoms with Crippen LogP contribution in [0.25, 0.3) is 0 Å². The van der Waals surface area contributed by atoms with Gasteiger partial charge in [0.15, 0.2) is 0 Å². The molecule has 7 heteroatoms. The van der Waals surface area contributed by atoms with Gasteiger partial charge in [0, 0.05) is 26.2 Å². The van der Waals surface area contributed by atoms with E-state index >= 15 is 0 Å². The summed E-state index contributed by atoms with van der Waals surface area (Å²) in [6.45, 7) is 4.55. The van der Waals surface area contributed by atoms with Gasteiger partial charge in [0.1, 0.15) is 6.10 Å². The molecule has 1 fully saturated rings. The molecule has 0 aliphatic carbocycles. The van der Waals surface area contributed by atoms with Crippen LogP contribution in [0.3, 0.4) is 0 Å². The lowest BCUT2D eigenvalue weighted by atomic mass is 10.0. The molecule has 1 aliphatic rings. The van der Waals surface area contributed by atoms with Crippen LogP contribution in [0.2, 0.25) is 0 Å². The minimum Gasteiger partial charge on any atom is -0.385 e. The summed E-state index contributed by atoms with van der Waals surface area (Å²) in [4.78, 5) is 6.62. The van der Waals surface area contributed by atoms with Crippen LogP contribution in [0.4, 0.5) is 0 Å². The van der Waals surface area contributed by atoms with E-state index in [0.29, 0.717) is 0 Å². The van der Waals surface area contributed by atoms with Gasteiger partial charge in [-0.2, -0.15) is 5.10 Å². The Bertz CT molecular complexity index is 464. The van der Waals surface area contributed by atoms with E-state index in [1.807, 2.05) is 18.8 Å². The second-order valence-corrected chi connectivity index (χ2v) is 7.01. The van der Waals surface area contributed by atoms with Gasteiger partial charge in [-0.05, 0) is 44.1 Å². The molecular formula is C14H26BrN5O. The zero-order valence-electron chi connectivity index (χ0n) is 13.3. The number of aliphatic hydroxyl groups excluding tert-OH is 1. The Morgan fingerprint density at radius 1 is 1.43 bits per heavy atom. The quantitative estimate of drug-likeness (QED) is 0.828. The van der Waals surface area contributed by atoms with Gasteiger partial charge in [-0.25, -0.2) is 0 Å². The van der Waals surface area contributed by atoms with Gasteiger partial charge in [-0.15, -0.1) is 0 Å². The van der Waals surface area contributed by atoms with Crippen LogP contribution in [-0.2, 0) is 6.54 Å². The van der Waals surface area contributed by atoms with Crippen molar-refractivity contribution in [1.82, 2.24) is 24.5 Å². The Labute approximate surface area is 135 Å². The number of rotatable bonds is 5. The number of aliphatic hydroxyl groups is 1. The second-order valence-electron chi connectivity index (χ2n) is 6.16. The zero-order chi connectivity index (χ0) is 15.6. The van der Waals surface area contributed by atoms with E-state index in [1.54, 1.807) is 6.20 Å². The molecule has 2 rings (SSSR count). The SMILES string of the molecule is CN(C)CCn1ncc(Br)c1C(O)C1CN(C)CCN1C. The first-order valence-corrected chi connectivity index (χ1v) is 8.12. The standard InChI is InChI=1S/C14H26BrN5O/c1-17(2)5-8-20-13(11(15)9-16-20)14(21)12-10-18(3)6-7-19(12)4/h9,12,14,21H,5-8,10H2,1-4H3. The molecule has 1 N–H and O–H groups in total. The van der Waals surface area contributed by atoms with Crippen molar-refractivity contribution in [3.63, 3.8) is 0 Å². The molecule has 1 aliphatic heterocycles. The molecule has 1 saturated heterocycles. The number of aromatic nitrogens is 2. The van der Waals surface area contributed by atoms with Crippen molar-refractivity contribution >= 4 is 15.9 Å². The summed E-state index contributed by atoms with van der Waals surface area (Å²) >= 11 is 3.54. The van der Waals surface area contributed by atoms with Gasteiger partial charge in [0.25, 0.3) is 0 Å². The van der Waals surface area contributed by atoms with Crippen molar-refractivity contribution < 1.29 is 5.11 Å². The zero-order valence-corrected chi connectivity index (χ0v) is 14.9. The van der Waals surface area contributed by atoms with Gasteiger partial charge in [0.2, 0.25) is 0 Å². The van der Waals surface area contributed by atoms with Crippen molar-refractivity contribution in [2.45, 2.75) is 18.7 Å². The molecule has 2 atom stereocenters. The largest absolute Gasteiger partial charge is 0.385 e. The molecule has 120 valence electrons. The third kappa shape index (κ3) is 4.04. The molecule has 6 nitrogen and oxygen atoms in total. The number of halogens is 1. The van der Waals surface area contributed by atoms with E-state index in [9.17, 15) is 5.11 Å². The number of nitrogens with zero attached hydrogens (tertiary/aromatic N) is 5. The second kappa shape index (κ2) is 7.19. The van der Waals surface area contributed by atoms with Crippen molar-refractivity contribution in [2.24, 2.45) is 0 Å². The molecule has 1 aromatic rings. The molecule has 2 unspecified atom stereocenters. The van der Waals surface area contributed by atoms with Gasteiger partial charge in [0.05, 0.1) is 29.0 Å². The molecule has 1 aromatic heterocycles. The Hall–Kier alpha value is -0.470. The third-order valence-corrected chi connectivity index (χ3v) is 4.75. The maximum atomic E-state index is 10.9. The number of piperazine rings is 1. The van der Waals surface area contributed by atoms with Crippen molar-refractivity contribution in [3.8, 4) is 0 Å². The van der Waals surface area contributed by atoms with E-state index in [0.717, 1.165) is 42.9 Å². The number of hydrogen-bond acceptors (Lipinski definition) is 5. The summed E-state index contributed by atoms with van der Waals surface area (Å²) < 4.78 is 2.80. The van der Waals surface area contributed by atoms with Crippen LogP contribution in [0, 0.1) is 0 Å². The van der Waals surface area contributed by atoms with Crippen LogP contribution in [0.5, 0.6) is 0 Å². The van der Waals surface area contributed by atoms with Crippen LogP contribution in [-0.4, -0.2) is 90.0 Å². The number of hydrogen-bond donors (Lipinski definition) is 1. The predicted molar refractivity (Wildman–Crippen MR) is 87.4 cm³/mol. The first-order valence-electron chi connectivity index (χ1n) is 7.33. The van der Waals surface area contributed by atoms with Crippen molar-refractivity contribution in [1.29, 1.82) is 0 Å². The molecular weight excluding hydrogens is 334 g/mol. The maximum Gasteiger partial charge on any atom is 0.113 e. The summed E-state index contributed by atoms with van der Waals surface area (Å²) in [5.41, 5.74) is 0.879. The van der Waals surface area contributed by atoms with Crippen LogP contribution in [0.1, 0.15) is 11.8 Å². The monoisotopic (exact) mass is 359 g/mol. The van der Waals surface area contributed by atoms with Crippen molar-refractivity contribution in [2.75, 3.05) is 54.4 Å². The molecule has 2 heterocycles. The fraction of sp³-hybridized carbons (Fsp3) is 0.786. The lowest BCUT2D eigenvalue weighted by Gasteiger charge is -2.40. The predicted octanol–water partition coefficient (Wildman–Crippen LogP) is 0.486. The molecule has 0 aromatic carbocycles. The van der Waals surface area contributed by atoms with E-state index in [2.05, 4.69) is 49.8 Å².